The van der Waals surface area contributed by atoms with Gasteiger partial charge in [-0.25, -0.2) is 17.6 Å². The number of ether oxygens (including phenoxy) is 1. The van der Waals surface area contributed by atoms with Crippen molar-refractivity contribution >= 4 is 27.6 Å². The van der Waals surface area contributed by atoms with Gasteiger partial charge in [-0.05, 0) is 56.7 Å². The second-order valence-corrected chi connectivity index (χ2v) is 8.04. The predicted molar refractivity (Wildman–Crippen MR) is 102 cm³/mol. The quantitative estimate of drug-likeness (QED) is 0.686. The van der Waals surface area contributed by atoms with E-state index in [1.165, 1.54) is 37.3 Å². The smallest absolute Gasteiger partial charge is 0.340 e. The van der Waals surface area contributed by atoms with Gasteiger partial charge < -0.3 is 10.1 Å². The van der Waals surface area contributed by atoms with Crippen LogP contribution in [-0.2, 0) is 19.6 Å². The lowest BCUT2D eigenvalue weighted by Gasteiger charge is -2.13. The maximum absolute atomic E-state index is 13.4. The van der Waals surface area contributed by atoms with E-state index in [-0.39, 0.29) is 27.8 Å². The van der Waals surface area contributed by atoms with Gasteiger partial charge in [0.05, 0.1) is 16.1 Å². The standard InChI is InChI=1S/C19H21FN2O5S/c1-12(2)21-18(23)11-27-19(24)15-6-4-5-7-17(15)22-28(25,26)14-8-9-16(20)13(3)10-14/h4-10,12,22H,11H2,1-3H3,(H,21,23). The normalized spacial score (nSPS) is 11.2. The van der Waals surface area contributed by atoms with Crippen molar-refractivity contribution in [1.29, 1.82) is 0 Å². The lowest BCUT2D eigenvalue weighted by Crippen LogP contribution is -2.34. The molecule has 2 N–H and O–H groups in total. The molecule has 1 amide bonds. The number of anilines is 1. The Morgan fingerprint density at radius 2 is 1.82 bits per heavy atom. The summed E-state index contributed by atoms with van der Waals surface area (Å²) in [6.45, 7) is 4.49. The average Bonchev–Trinajstić information content (AvgIpc) is 2.61. The number of benzene rings is 2. The number of carbonyl (C=O) groups is 2. The summed E-state index contributed by atoms with van der Waals surface area (Å²) in [5, 5.41) is 2.58. The SMILES string of the molecule is Cc1cc(S(=O)(=O)Nc2ccccc2C(=O)OCC(=O)NC(C)C)ccc1F. The molecule has 0 spiro atoms. The number of para-hydroxylation sites is 1. The monoisotopic (exact) mass is 408 g/mol. The Balaban J connectivity index is 2.20. The third kappa shape index (κ3) is 5.53. The number of nitrogens with one attached hydrogen (secondary N) is 2. The van der Waals surface area contributed by atoms with Gasteiger partial charge in [0.25, 0.3) is 15.9 Å². The molecule has 9 heteroatoms. The molecular formula is C19H21FN2O5S. The van der Waals surface area contributed by atoms with Crippen molar-refractivity contribution in [3.8, 4) is 0 Å². The second-order valence-electron chi connectivity index (χ2n) is 6.36. The first-order valence-electron chi connectivity index (χ1n) is 8.44. The Hall–Kier alpha value is -2.94. The van der Waals surface area contributed by atoms with Crippen LogP contribution in [0, 0.1) is 12.7 Å². The van der Waals surface area contributed by atoms with Crippen molar-refractivity contribution < 1.29 is 27.1 Å². The highest BCUT2D eigenvalue weighted by Crippen LogP contribution is 2.22. The maximum Gasteiger partial charge on any atom is 0.340 e. The highest BCUT2D eigenvalue weighted by molar-refractivity contribution is 7.92. The lowest BCUT2D eigenvalue weighted by atomic mass is 10.2. The summed E-state index contributed by atoms with van der Waals surface area (Å²) >= 11 is 0. The van der Waals surface area contributed by atoms with E-state index in [0.29, 0.717) is 0 Å². The molecule has 0 heterocycles. The van der Waals surface area contributed by atoms with E-state index >= 15 is 0 Å². The summed E-state index contributed by atoms with van der Waals surface area (Å²) in [6, 6.07) is 9.09. The van der Waals surface area contributed by atoms with E-state index in [0.717, 1.165) is 12.1 Å². The van der Waals surface area contributed by atoms with Crippen LogP contribution in [0.15, 0.2) is 47.4 Å². The molecule has 0 unspecified atom stereocenters. The Morgan fingerprint density at radius 3 is 2.46 bits per heavy atom. The van der Waals surface area contributed by atoms with Crippen LogP contribution in [0.3, 0.4) is 0 Å². The van der Waals surface area contributed by atoms with Gasteiger partial charge in [0.15, 0.2) is 6.61 Å². The van der Waals surface area contributed by atoms with E-state index in [1.54, 1.807) is 13.8 Å². The molecule has 2 aromatic rings. The zero-order valence-electron chi connectivity index (χ0n) is 15.7. The molecule has 0 atom stereocenters. The van der Waals surface area contributed by atoms with Gasteiger partial charge in [-0.15, -0.1) is 0 Å². The van der Waals surface area contributed by atoms with Crippen LogP contribution in [0.2, 0.25) is 0 Å². The predicted octanol–water partition coefficient (Wildman–Crippen LogP) is 2.62. The number of halogens is 1. The van der Waals surface area contributed by atoms with E-state index in [9.17, 15) is 22.4 Å². The molecule has 150 valence electrons. The second kappa shape index (κ2) is 8.83. The highest BCUT2D eigenvalue weighted by atomic mass is 32.2. The van der Waals surface area contributed by atoms with Gasteiger partial charge in [-0.2, -0.15) is 0 Å². The van der Waals surface area contributed by atoms with Crippen molar-refractivity contribution in [1.82, 2.24) is 5.32 Å². The summed E-state index contributed by atoms with van der Waals surface area (Å²) < 4.78 is 45.8. The number of rotatable bonds is 7. The van der Waals surface area contributed by atoms with E-state index in [4.69, 9.17) is 4.74 Å². The molecule has 2 rings (SSSR count). The first kappa shape index (κ1) is 21.4. The molecular weight excluding hydrogens is 387 g/mol. The van der Waals surface area contributed by atoms with Crippen molar-refractivity contribution in [3.63, 3.8) is 0 Å². The fourth-order valence-corrected chi connectivity index (χ4v) is 3.48. The fourth-order valence-electron chi connectivity index (χ4n) is 2.31. The number of sulfonamides is 1. The van der Waals surface area contributed by atoms with E-state index in [2.05, 4.69) is 10.0 Å². The van der Waals surface area contributed by atoms with E-state index in [1.807, 2.05) is 0 Å². The third-order valence-corrected chi connectivity index (χ3v) is 4.98. The Morgan fingerprint density at radius 1 is 1.14 bits per heavy atom. The van der Waals surface area contributed by atoms with Crippen molar-refractivity contribution in [2.75, 3.05) is 11.3 Å². The highest BCUT2D eigenvalue weighted by Gasteiger charge is 2.20. The van der Waals surface area contributed by atoms with Crippen LogP contribution in [0.1, 0.15) is 29.8 Å². The van der Waals surface area contributed by atoms with Crippen LogP contribution in [-0.4, -0.2) is 32.9 Å². The van der Waals surface area contributed by atoms with Gasteiger partial charge in [0.2, 0.25) is 0 Å². The molecule has 2 aromatic carbocycles. The van der Waals surface area contributed by atoms with Gasteiger partial charge in [0.1, 0.15) is 5.82 Å². The Bertz CT molecular complexity index is 990. The molecule has 0 aliphatic rings. The summed E-state index contributed by atoms with van der Waals surface area (Å²) in [5.74, 6) is -1.85. The lowest BCUT2D eigenvalue weighted by molar-refractivity contribution is -0.124. The third-order valence-electron chi connectivity index (χ3n) is 3.62. The number of carbonyl (C=O) groups excluding carboxylic acids is 2. The largest absolute Gasteiger partial charge is 0.452 e. The molecule has 28 heavy (non-hydrogen) atoms. The minimum Gasteiger partial charge on any atom is -0.452 e. The van der Waals surface area contributed by atoms with Gasteiger partial charge >= 0.3 is 5.97 Å². The molecule has 0 radical (unpaired) electrons. The molecule has 0 saturated heterocycles. The van der Waals surface area contributed by atoms with Crippen LogP contribution in [0.4, 0.5) is 10.1 Å². The molecule has 0 aliphatic heterocycles. The number of hydrogen-bond acceptors (Lipinski definition) is 5. The average molecular weight is 408 g/mol. The van der Waals surface area contributed by atoms with Crippen LogP contribution in [0.25, 0.3) is 0 Å². The minimum atomic E-state index is -4.06. The van der Waals surface area contributed by atoms with Crippen molar-refractivity contribution in [3.05, 3.63) is 59.4 Å². The number of esters is 1. The van der Waals surface area contributed by atoms with Gasteiger partial charge in [-0.3, -0.25) is 9.52 Å². The molecule has 0 aromatic heterocycles. The molecule has 0 aliphatic carbocycles. The molecule has 0 bridgehead atoms. The summed E-state index contributed by atoms with van der Waals surface area (Å²) in [6.07, 6.45) is 0. The van der Waals surface area contributed by atoms with Crippen LogP contribution >= 0.6 is 0 Å². The van der Waals surface area contributed by atoms with Gasteiger partial charge in [-0.1, -0.05) is 12.1 Å². The number of amides is 1. The van der Waals surface area contributed by atoms with Crippen LogP contribution < -0.4 is 10.0 Å². The Labute approximate surface area is 163 Å². The molecule has 0 saturated carbocycles. The zero-order valence-corrected chi connectivity index (χ0v) is 16.5. The summed E-state index contributed by atoms with van der Waals surface area (Å²) in [5.41, 5.74) is 0.104. The Kier molecular flexibility index (Phi) is 6.74. The van der Waals surface area contributed by atoms with E-state index < -0.39 is 34.3 Å². The fraction of sp³-hybridized carbons (Fsp3) is 0.263. The zero-order chi connectivity index (χ0) is 20.9. The topological polar surface area (TPSA) is 102 Å². The first-order chi connectivity index (χ1) is 13.1. The summed E-state index contributed by atoms with van der Waals surface area (Å²) in [7, 11) is -4.06. The van der Waals surface area contributed by atoms with Crippen molar-refractivity contribution in [2.45, 2.75) is 31.7 Å². The minimum absolute atomic E-state index is 0.0151. The maximum atomic E-state index is 13.4. The number of hydrogen-bond donors (Lipinski definition) is 2. The van der Waals surface area contributed by atoms with Crippen molar-refractivity contribution in [2.24, 2.45) is 0 Å². The molecule has 7 nitrogen and oxygen atoms in total. The number of aryl methyl sites for hydroxylation is 1. The summed E-state index contributed by atoms with van der Waals surface area (Å²) in [4.78, 5) is 23.8. The first-order valence-corrected chi connectivity index (χ1v) is 9.93. The van der Waals surface area contributed by atoms with Gasteiger partial charge in [0, 0.05) is 6.04 Å². The molecule has 0 fully saturated rings. The van der Waals surface area contributed by atoms with Crippen LogP contribution in [0.5, 0.6) is 0 Å².